The molecule has 1 fully saturated rings. The number of aliphatic hydroxyl groups is 1. The lowest BCUT2D eigenvalue weighted by Crippen LogP contribution is -2.46. The molecule has 1 saturated carbocycles. The topological polar surface area (TPSA) is 40.5 Å². The summed E-state index contributed by atoms with van der Waals surface area (Å²) in [6.07, 6.45) is 0.436. The van der Waals surface area contributed by atoms with Crippen molar-refractivity contribution in [3.63, 3.8) is 0 Å². The molecule has 1 aliphatic rings. The summed E-state index contributed by atoms with van der Waals surface area (Å²) in [6, 6.07) is -0.403. The Kier molecular flexibility index (Phi) is 5.11. The van der Waals surface area contributed by atoms with Gasteiger partial charge in [0.25, 0.3) is 6.43 Å². The molecule has 1 N–H and O–H groups in total. The van der Waals surface area contributed by atoms with Crippen LogP contribution in [0.25, 0.3) is 0 Å². The second-order valence-electron chi connectivity index (χ2n) is 3.84. The molecule has 5 heteroatoms. The minimum Gasteiger partial charge on any atom is -0.395 e. The van der Waals surface area contributed by atoms with E-state index in [0.29, 0.717) is 12.8 Å². The van der Waals surface area contributed by atoms with E-state index in [0.717, 1.165) is 12.8 Å². The highest BCUT2D eigenvalue weighted by atomic mass is 19.3. The molecule has 0 bridgehead atoms. The normalized spacial score (nSPS) is 22.7. The van der Waals surface area contributed by atoms with E-state index in [1.165, 1.54) is 4.90 Å². The summed E-state index contributed by atoms with van der Waals surface area (Å²) in [4.78, 5) is 12.9. The molecule has 0 radical (unpaired) electrons. The molecule has 0 heterocycles. The van der Waals surface area contributed by atoms with Gasteiger partial charge in [-0.2, -0.15) is 0 Å². The van der Waals surface area contributed by atoms with Crippen LogP contribution in [0.3, 0.4) is 0 Å². The Morgan fingerprint density at radius 3 is 2.73 bits per heavy atom. The van der Waals surface area contributed by atoms with Gasteiger partial charge in [-0.1, -0.05) is 6.42 Å². The number of rotatable bonds is 5. The second-order valence-corrected chi connectivity index (χ2v) is 3.84. The van der Waals surface area contributed by atoms with Crippen LogP contribution in [-0.2, 0) is 4.79 Å². The summed E-state index contributed by atoms with van der Waals surface area (Å²) in [5.74, 6) is 0.0374. The Balaban J connectivity index is 2.55. The van der Waals surface area contributed by atoms with Crippen LogP contribution in [0.2, 0.25) is 0 Å². The monoisotopic (exact) mass is 221 g/mol. The summed E-state index contributed by atoms with van der Waals surface area (Å²) in [5, 5.41) is 8.77. The van der Waals surface area contributed by atoms with Crippen LogP contribution in [0, 0.1) is 0 Å². The molecule has 0 aromatic rings. The number of hydrogen-bond acceptors (Lipinski definition) is 3. The van der Waals surface area contributed by atoms with Crippen LogP contribution in [0.1, 0.15) is 25.7 Å². The molecule has 1 unspecified atom stereocenters. The fourth-order valence-electron chi connectivity index (χ4n) is 2.03. The van der Waals surface area contributed by atoms with E-state index in [9.17, 15) is 13.6 Å². The minimum atomic E-state index is -2.45. The first-order chi connectivity index (χ1) is 7.15. The van der Waals surface area contributed by atoms with Crippen molar-refractivity contribution < 1.29 is 18.7 Å². The van der Waals surface area contributed by atoms with Crippen molar-refractivity contribution in [1.82, 2.24) is 4.90 Å². The largest absolute Gasteiger partial charge is 0.395 e. The number of Topliss-reactive ketones (excluding diaryl/α,β-unsaturated/α-hetero) is 1. The molecule has 0 aromatic heterocycles. The second kappa shape index (κ2) is 6.12. The van der Waals surface area contributed by atoms with Gasteiger partial charge in [0.05, 0.1) is 19.2 Å². The van der Waals surface area contributed by atoms with Crippen molar-refractivity contribution in [3.8, 4) is 0 Å². The van der Waals surface area contributed by atoms with Gasteiger partial charge in [0, 0.05) is 13.0 Å². The summed E-state index contributed by atoms with van der Waals surface area (Å²) >= 11 is 0. The Labute approximate surface area is 88.1 Å². The molecular weight excluding hydrogens is 204 g/mol. The molecule has 3 nitrogen and oxygen atoms in total. The SMILES string of the molecule is O=C1CCCCC1N(CCO)CC(F)F. The first kappa shape index (κ1) is 12.5. The van der Waals surface area contributed by atoms with Gasteiger partial charge in [-0.3, -0.25) is 9.69 Å². The molecule has 1 rings (SSSR count). The lowest BCUT2D eigenvalue weighted by Gasteiger charge is -2.32. The number of ketones is 1. The summed E-state index contributed by atoms with van der Waals surface area (Å²) in [7, 11) is 0. The molecule has 0 amide bonds. The molecule has 0 spiro atoms. The van der Waals surface area contributed by atoms with E-state index in [-0.39, 0.29) is 18.9 Å². The number of halogens is 2. The van der Waals surface area contributed by atoms with Gasteiger partial charge < -0.3 is 5.11 Å². The van der Waals surface area contributed by atoms with Crippen LogP contribution >= 0.6 is 0 Å². The third-order valence-corrected chi connectivity index (χ3v) is 2.72. The van der Waals surface area contributed by atoms with Gasteiger partial charge in [0.1, 0.15) is 5.78 Å². The lowest BCUT2D eigenvalue weighted by atomic mass is 9.93. The molecule has 1 atom stereocenters. The van der Waals surface area contributed by atoms with Crippen molar-refractivity contribution in [2.45, 2.75) is 38.2 Å². The number of carbonyl (C=O) groups excluding carboxylic acids is 1. The highest BCUT2D eigenvalue weighted by molar-refractivity contribution is 5.84. The average molecular weight is 221 g/mol. The molecular formula is C10H17F2NO2. The van der Waals surface area contributed by atoms with E-state index in [4.69, 9.17) is 5.11 Å². The van der Waals surface area contributed by atoms with Crippen LogP contribution in [0.15, 0.2) is 0 Å². The van der Waals surface area contributed by atoms with Gasteiger partial charge in [-0.25, -0.2) is 8.78 Å². The number of nitrogens with zero attached hydrogens (tertiary/aromatic N) is 1. The Morgan fingerprint density at radius 1 is 1.47 bits per heavy atom. The summed E-state index contributed by atoms with van der Waals surface area (Å²) < 4.78 is 24.5. The highest BCUT2D eigenvalue weighted by Gasteiger charge is 2.29. The summed E-state index contributed by atoms with van der Waals surface area (Å²) in [5.41, 5.74) is 0. The van der Waals surface area contributed by atoms with E-state index in [1.54, 1.807) is 0 Å². The third-order valence-electron chi connectivity index (χ3n) is 2.72. The minimum absolute atomic E-state index is 0.0374. The molecule has 1 aliphatic carbocycles. The summed E-state index contributed by atoms with van der Waals surface area (Å²) in [6.45, 7) is -0.450. The first-order valence-electron chi connectivity index (χ1n) is 5.31. The Bertz CT molecular complexity index is 212. The van der Waals surface area contributed by atoms with Crippen molar-refractivity contribution in [2.75, 3.05) is 19.7 Å². The molecule has 0 aromatic carbocycles. The van der Waals surface area contributed by atoms with Crippen LogP contribution in [0.4, 0.5) is 8.78 Å². The standard InChI is InChI=1S/C10H17F2NO2/c11-10(12)7-13(5-6-14)8-3-1-2-4-9(8)15/h8,10,14H,1-7H2. The van der Waals surface area contributed by atoms with Gasteiger partial charge >= 0.3 is 0 Å². The molecule has 88 valence electrons. The van der Waals surface area contributed by atoms with Crippen LogP contribution in [-0.4, -0.2) is 48.0 Å². The maximum atomic E-state index is 12.3. The Hall–Kier alpha value is -0.550. The fraction of sp³-hybridized carbons (Fsp3) is 0.900. The van der Waals surface area contributed by atoms with Gasteiger partial charge in [-0.15, -0.1) is 0 Å². The zero-order valence-corrected chi connectivity index (χ0v) is 8.66. The van der Waals surface area contributed by atoms with E-state index in [2.05, 4.69) is 0 Å². The van der Waals surface area contributed by atoms with Gasteiger partial charge in [0.2, 0.25) is 0 Å². The van der Waals surface area contributed by atoms with Gasteiger partial charge in [-0.05, 0) is 12.8 Å². The van der Waals surface area contributed by atoms with E-state index >= 15 is 0 Å². The molecule has 0 saturated heterocycles. The van der Waals surface area contributed by atoms with Gasteiger partial charge in [0.15, 0.2) is 0 Å². The Morgan fingerprint density at radius 2 is 2.20 bits per heavy atom. The predicted molar refractivity (Wildman–Crippen MR) is 51.9 cm³/mol. The lowest BCUT2D eigenvalue weighted by molar-refractivity contribution is -0.127. The van der Waals surface area contributed by atoms with Crippen molar-refractivity contribution in [1.29, 1.82) is 0 Å². The van der Waals surface area contributed by atoms with Crippen molar-refractivity contribution in [2.24, 2.45) is 0 Å². The average Bonchev–Trinajstić information content (AvgIpc) is 2.17. The zero-order chi connectivity index (χ0) is 11.3. The zero-order valence-electron chi connectivity index (χ0n) is 8.66. The number of aliphatic hydroxyl groups excluding tert-OH is 1. The maximum absolute atomic E-state index is 12.3. The number of carbonyl (C=O) groups is 1. The van der Waals surface area contributed by atoms with Crippen molar-refractivity contribution in [3.05, 3.63) is 0 Å². The smallest absolute Gasteiger partial charge is 0.251 e. The first-order valence-corrected chi connectivity index (χ1v) is 5.31. The van der Waals surface area contributed by atoms with Crippen LogP contribution < -0.4 is 0 Å². The number of alkyl halides is 2. The molecule has 15 heavy (non-hydrogen) atoms. The van der Waals surface area contributed by atoms with E-state index < -0.39 is 19.0 Å². The predicted octanol–water partition coefficient (Wildman–Crippen LogP) is 1.06. The van der Waals surface area contributed by atoms with Crippen LogP contribution in [0.5, 0.6) is 0 Å². The maximum Gasteiger partial charge on any atom is 0.251 e. The number of hydrogen-bond donors (Lipinski definition) is 1. The van der Waals surface area contributed by atoms with E-state index in [1.807, 2.05) is 0 Å². The quantitative estimate of drug-likeness (QED) is 0.754. The van der Waals surface area contributed by atoms with Crippen molar-refractivity contribution >= 4 is 5.78 Å². The highest BCUT2D eigenvalue weighted by Crippen LogP contribution is 2.20. The fourth-order valence-corrected chi connectivity index (χ4v) is 2.03. The molecule has 0 aliphatic heterocycles. The third kappa shape index (κ3) is 3.83.